The molecule has 6 nitrogen and oxygen atoms in total. The number of primary sulfonamides is 1. The van der Waals surface area contributed by atoms with Gasteiger partial charge in [-0.15, -0.1) is 0 Å². The molecule has 0 radical (unpaired) electrons. The molecule has 1 fully saturated rings. The molecule has 1 aromatic carbocycles. The largest absolute Gasteiger partial charge is 0.341 e. The molecule has 0 aromatic heterocycles. The van der Waals surface area contributed by atoms with E-state index >= 15 is 0 Å². The predicted octanol–water partition coefficient (Wildman–Crippen LogP) is 0.929. The van der Waals surface area contributed by atoms with Gasteiger partial charge >= 0.3 is 0 Å². The molecule has 0 aliphatic carbocycles. The van der Waals surface area contributed by atoms with Gasteiger partial charge in [-0.05, 0) is 30.5 Å². The van der Waals surface area contributed by atoms with Gasteiger partial charge in [-0.3, -0.25) is 9.69 Å². The summed E-state index contributed by atoms with van der Waals surface area (Å²) in [6, 6.07) is 6.45. The quantitative estimate of drug-likeness (QED) is 0.821. The third-order valence-corrected chi connectivity index (χ3v) is 4.94. The maximum atomic E-state index is 12.9. The second kappa shape index (κ2) is 8.55. The summed E-state index contributed by atoms with van der Waals surface area (Å²) in [4.78, 5) is 16.2. The maximum absolute atomic E-state index is 12.9. The number of hydrogen-bond acceptors (Lipinski definition) is 4. The van der Waals surface area contributed by atoms with Crippen molar-refractivity contribution >= 4 is 15.9 Å². The molecule has 134 valence electrons. The van der Waals surface area contributed by atoms with Crippen molar-refractivity contribution in [2.75, 3.05) is 31.9 Å². The zero-order chi connectivity index (χ0) is 17.6. The van der Waals surface area contributed by atoms with Crippen LogP contribution in [0.25, 0.3) is 0 Å². The molecule has 0 atom stereocenters. The van der Waals surface area contributed by atoms with Gasteiger partial charge in [0.15, 0.2) is 0 Å². The number of carbonyl (C=O) groups excluding carboxylic acids is 1. The minimum atomic E-state index is -3.51. The lowest BCUT2D eigenvalue weighted by Crippen LogP contribution is -2.35. The first-order valence-corrected chi connectivity index (χ1v) is 9.80. The standard InChI is InChI=1S/C16H24FN3O3S/c17-15-6-4-14(5-7-15)13-19-8-2-9-20(11-10-19)16(21)3-1-12-24(18,22)23/h4-7H,1-3,8-13H2,(H2,18,22,23). The molecule has 0 unspecified atom stereocenters. The average molecular weight is 357 g/mol. The van der Waals surface area contributed by atoms with Crippen molar-refractivity contribution in [1.29, 1.82) is 0 Å². The molecule has 1 aliphatic heterocycles. The van der Waals surface area contributed by atoms with Crippen molar-refractivity contribution in [1.82, 2.24) is 9.80 Å². The Kier molecular flexibility index (Phi) is 6.70. The fourth-order valence-electron chi connectivity index (χ4n) is 2.81. The lowest BCUT2D eigenvalue weighted by Gasteiger charge is -2.22. The zero-order valence-corrected chi connectivity index (χ0v) is 14.5. The van der Waals surface area contributed by atoms with E-state index in [1.165, 1.54) is 12.1 Å². The number of carbonyl (C=O) groups is 1. The fraction of sp³-hybridized carbons (Fsp3) is 0.562. The van der Waals surface area contributed by atoms with Gasteiger partial charge in [0.1, 0.15) is 5.82 Å². The van der Waals surface area contributed by atoms with Crippen molar-refractivity contribution in [3.63, 3.8) is 0 Å². The minimum Gasteiger partial charge on any atom is -0.341 e. The van der Waals surface area contributed by atoms with Crippen LogP contribution in [0.4, 0.5) is 4.39 Å². The van der Waals surface area contributed by atoms with Crippen LogP contribution in [0.3, 0.4) is 0 Å². The van der Waals surface area contributed by atoms with Crippen LogP contribution in [0, 0.1) is 5.82 Å². The molecule has 0 saturated carbocycles. The van der Waals surface area contributed by atoms with E-state index < -0.39 is 10.0 Å². The molecule has 1 aromatic rings. The number of nitrogens with two attached hydrogens (primary N) is 1. The van der Waals surface area contributed by atoms with Gasteiger partial charge in [-0.2, -0.15) is 0 Å². The number of rotatable bonds is 6. The summed E-state index contributed by atoms with van der Waals surface area (Å²) in [6.45, 7) is 3.65. The van der Waals surface area contributed by atoms with Gasteiger partial charge in [-0.25, -0.2) is 17.9 Å². The van der Waals surface area contributed by atoms with Crippen LogP contribution in [0.1, 0.15) is 24.8 Å². The molecule has 1 aliphatic rings. The van der Waals surface area contributed by atoms with Gasteiger partial charge in [0, 0.05) is 39.1 Å². The SMILES string of the molecule is NS(=O)(=O)CCCC(=O)N1CCCN(Cc2ccc(F)cc2)CC1. The maximum Gasteiger partial charge on any atom is 0.222 e. The summed E-state index contributed by atoms with van der Waals surface area (Å²) < 4.78 is 34.8. The number of sulfonamides is 1. The fourth-order valence-corrected chi connectivity index (χ4v) is 3.36. The monoisotopic (exact) mass is 357 g/mol. The normalized spacial score (nSPS) is 16.8. The van der Waals surface area contributed by atoms with E-state index in [-0.39, 0.29) is 30.3 Å². The van der Waals surface area contributed by atoms with E-state index in [2.05, 4.69) is 4.90 Å². The Labute approximate surface area is 142 Å². The highest BCUT2D eigenvalue weighted by Crippen LogP contribution is 2.11. The highest BCUT2D eigenvalue weighted by Gasteiger charge is 2.19. The summed E-state index contributed by atoms with van der Waals surface area (Å²) >= 11 is 0. The molecule has 24 heavy (non-hydrogen) atoms. The number of halogens is 1. The Morgan fingerprint density at radius 3 is 2.50 bits per heavy atom. The second-order valence-corrected chi connectivity index (χ2v) is 7.84. The smallest absolute Gasteiger partial charge is 0.222 e. The summed E-state index contributed by atoms with van der Waals surface area (Å²) in [5.41, 5.74) is 1.05. The first kappa shape index (κ1) is 18.8. The molecule has 2 N–H and O–H groups in total. The highest BCUT2D eigenvalue weighted by molar-refractivity contribution is 7.89. The number of amides is 1. The average Bonchev–Trinajstić information content (AvgIpc) is 2.74. The molecular weight excluding hydrogens is 333 g/mol. The van der Waals surface area contributed by atoms with E-state index in [4.69, 9.17) is 5.14 Å². The molecule has 0 bridgehead atoms. The van der Waals surface area contributed by atoms with E-state index in [1.807, 2.05) is 0 Å². The van der Waals surface area contributed by atoms with Crippen LogP contribution in [0.15, 0.2) is 24.3 Å². The third kappa shape index (κ3) is 6.54. The minimum absolute atomic E-state index is 0.0257. The van der Waals surface area contributed by atoms with Crippen molar-refractivity contribution in [2.45, 2.75) is 25.8 Å². The van der Waals surface area contributed by atoms with Crippen LogP contribution >= 0.6 is 0 Å². The third-order valence-electron chi connectivity index (χ3n) is 4.08. The molecule has 0 spiro atoms. The second-order valence-electron chi connectivity index (χ2n) is 6.11. The van der Waals surface area contributed by atoms with E-state index in [9.17, 15) is 17.6 Å². The van der Waals surface area contributed by atoms with Gasteiger partial charge in [0.2, 0.25) is 15.9 Å². The number of benzene rings is 1. The Morgan fingerprint density at radius 1 is 1.12 bits per heavy atom. The highest BCUT2D eigenvalue weighted by atomic mass is 32.2. The Balaban J connectivity index is 1.79. The van der Waals surface area contributed by atoms with Gasteiger partial charge in [-0.1, -0.05) is 12.1 Å². The summed E-state index contributed by atoms with van der Waals surface area (Å²) in [6.07, 6.45) is 1.32. The van der Waals surface area contributed by atoms with Crippen LogP contribution in [0.5, 0.6) is 0 Å². The summed E-state index contributed by atoms with van der Waals surface area (Å²) in [7, 11) is -3.51. The molecule has 1 saturated heterocycles. The molecule has 1 heterocycles. The van der Waals surface area contributed by atoms with Crippen LogP contribution < -0.4 is 5.14 Å². The Morgan fingerprint density at radius 2 is 1.83 bits per heavy atom. The molecule has 2 rings (SSSR count). The zero-order valence-electron chi connectivity index (χ0n) is 13.7. The topological polar surface area (TPSA) is 83.7 Å². The Hall–Kier alpha value is -1.51. The predicted molar refractivity (Wildman–Crippen MR) is 90.1 cm³/mol. The lowest BCUT2D eigenvalue weighted by atomic mass is 10.2. The van der Waals surface area contributed by atoms with Crippen LogP contribution in [-0.4, -0.2) is 56.1 Å². The number of nitrogens with zero attached hydrogens (tertiary/aromatic N) is 2. The van der Waals surface area contributed by atoms with Crippen molar-refractivity contribution < 1.29 is 17.6 Å². The first-order chi connectivity index (χ1) is 11.3. The summed E-state index contributed by atoms with van der Waals surface area (Å²) in [5.74, 6) is -0.434. The summed E-state index contributed by atoms with van der Waals surface area (Å²) in [5, 5.41) is 4.94. The molecular formula is C16H24FN3O3S. The van der Waals surface area contributed by atoms with Gasteiger partial charge < -0.3 is 4.90 Å². The van der Waals surface area contributed by atoms with E-state index in [0.29, 0.717) is 13.1 Å². The van der Waals surface area contributed by atoms with E-state index in [1.54, 1.807) is 17.0 Å². The van der Waals surface area contributed by atoms with Crippen molar-refractivity contribution in [3.8, 4) is 0 Å². The molecule has 8 heteroatoms. The van der Waals surface area contributed by atoms with Gasteiger partial charge in [0.25, 0.3) is 0 Å². The van der Waals surface area contributed by atoms with Crippen molar-refractivity contribution in [3.05, 3.63) is 35.6 Å². The molecule has 1 amide bonds. The number of hydrogen-bond donors (Lipinski definition) is 1. The van der Waals surface area contributed by atoms with Crippen molar-refractivity contribution in [2.24, 2.45) is 5.14 Å². The Bertz CT molecular complexity index is 649. The van der Waals surface area contributed by atoms with Crippen LogP contribution in [0.2, 0.25) is 0 Å². The lowest BCUT2D eigenvalue weighted by molar-refractivity contribution is -0.131. The van der Waals surface area contributed by atoms with Crippen LogP contribution in [-0.2, 0) is 21.4 Å². The first-order valence-electron chi connectivity index (χ1n) is 8.08. The van der Waals surface area contributed by atoms with E-state index in [0.717, 1.165) is 31.6 Å². The van der Waals surface area contributed by atoms with Gasteiger partial charge in [0.05, 0.1) is 5.75 Å².